The van der Waals surface area contributed by atoms with Crippen LogP contribution in [0.5, 0.6) is 11.5 Å². The molecule has 3 N–H and O–H groups in total. The van der Waals surface area contributed by atoms with Gasteiger partial charge in [0.1, 0.15) is 21.8 Å². The number of sulfonamides is 1. The number of carbonyl (C=O) groups excluding carboxylic acids is 2. The van der Waals surface area contributed by atoms with Crippen molar-refractivity contribution < 1.29 is 32.6 Å². The summed E-state index contributed by atoms with van der Waals surface area (Å²) < 4.78 is 39.1. The van der Waals surface area contributed by atoms with Crippen LogP contribution in [0.2, 0.25) is 0 Å². The Morgan fingerprint density at radius 3 is 2.51 bits per heavy atom. The van der Waals surface area contributed by atoms with E-state index < -0.39 is 28.2 Å². The minimum Gasteiger partial charge on any atom is -0.497 e. The molecule has 2 aromatic carbocycles. The summed E-state index contributed by atoms with van der Waals surface area (Å²) in [5, 5.41) is 17.0. The third kappa shape index (κ3) is 6.99. The van der Waals surface area contributed by atoms with Gasteiger partial charge in [-0.25, -0.2) is 13.2 Å². The molecule has 1 aliphatic rings. The highest BCUT2D eigenvalue weighted by atomic mass is 32.2. The van der Waals surface area contributed by atoms with Gasteiger partial charge in [-0.1, -0.05) is 13.0 Å². The Morgan fingerprint density at radius 2 is 1.88 bits per heavy atom. The summed E-state index contributed by atoms with van der Waals surface area (Å²) in [5.74, 6) is 0.270. The SMILES string of the molecule is COc1ccc(NC(=O)Nc2ccc3c(c2)C(=O)N([C@@H](C)CO)C[C@H](C)[C@@H](CN(C)S(=O)(=O)c2cccs2)O3)cc1. The fraction of sp³-hybridized carbons (Fsp3) is 0.357. The molecule has 41 heavy (non-hydrogen) atoms. The summed E-state index contributed by atoms with van der Waals surface area (Å²) in [5.41, 5.74) is 1.09. The van der Waals surface area contributed by atoms with Crippen molar-refractivity contribution in [2.45, 2.75) is 30.2 Å². The average molecular weight is 603 g/mol. The predicted octanol–water partition coefficient (Wildman–Crippen LogP) is 3.94. The molecule has 3 atom stereocenters. The van der Waals surface area contributed by atoms with Crippen LogP contribution in [0.3, 0.4) is 0 Å². The van der Waals surface area contributed by atoms with Gasteiger partial charge in [0.25, 0.3) is 15.9 Å². The topological polar surface area (TPSA) is 138 Å². The first-order valence-corrected chi connectivity index (χ1v) is 15.3. The second-order valence-corrected chi connectivity index (χ2v) is 13.1. The lowest BCUT2D eigenvalue weighted by Gasteiger charge is -2.38. The van der Waals surface area contributed by atoms with Crippen LogP contribution in [-0.2, 0) is 10.0 Å². The molecule has 3 amide bonds. The number of carbonyl (C=O) groups is 2. The van der Waals surface area contributed by atoms with Crippen molar-refractivity contribution >= 4 is 44.7 Å². The molecule has 1 aromatic heterocycles. The minimum atomic E-state index is -3.72. The smallest absolute Gasteiger partial charge is 0.323 e. The van der Waals surface area contributed by atoms with Gasteiger partial charge in [0.2, 0.25) is 0 Å². The maximum Gasteiger partial charge on any atom is 0.323 e. The van der Waals surface area contributed by atoms with E-state index >= 15 is 0 Å². The highest BCUT2D eigenvalue weighted by Crippen LogP contribution is 2.31. The van der Waals surface area contributed by atoms with Crippen molar-refractivity contribution in [2.24, 2.45) is 5.92 Å². The van der Waals surface area contributed by atoms with E-state index in [0.29, 0.717) is 17.1 Å². The van der Waals surface area contributed by atoms with Crippen molar-refractivity contribution in [1.29, 1.82) is 0 Å². The number of methoxy groups -OCH3 is 1. The summed E-state index contributed by atoms with van der Waals surface area (Å²) in [7, 11) is -0.671. The number of hydrogen-bond acceptors (Lipinski definition) is 8. The van der Waals surface area contributed by atoms with E-state index in [1.165, 1.54) is 17.4 Å². The lowest BCUT2D eigenvalue weighted by atomic mass is 9.99. The predicted molar refractivity (Wildman–Crippen MR) is 157 cm³/mol. The number of nitrogens with one attached hydrogen (secondary N) is 2. The zero-order valence-electron chi connectivity index (χ0n) is 23.2. The highest BCUT2D eigenvalue weighted by molar-refractivity contribution is 7.91. The molecule has 0 radical (unpaired) electrons. The molecule has 1 aliphatic heterocycles. The molecular weight excluding hydrogens is 568 g/mol. The summed E-state index contributed by atoms with van der Waals surface area (Å²) in [6.45, 7) is 3.63. The van der Waals surface area contributed by atoms with Crippen LogP contribution in [0, 0.1) is 5.92 Å². The van der Waals surface area contributed by atoms with E-state index in [1.54, 1.807) is 72.8 Å². The standard InChI is InChI=1S/C28H34N4O7S2/c1-18-15-32(19(2)17-33)27(34)23-14-21(30-28(35)29-20-7-10-22(38-4)11-8-20)9-12-24(23)39-25(18)16-31(3)41(36,37)26-6-5-13-40-26/h5-14,18-19,25,33H,15-17H2,1-4H3,(H2,29,30,35)/t18-,19-,25+/m0/s1. The van der Waals surface area contributed by atoms with Crippen molar-refractivity contribution in [3.63, 3.8) is 0 Å². The molecule has 3 aromatic rings. The van der Waals surface area contributed by atoms with Crippen molar-refractivity contribution in [3.05, 3.63) is 65.5 Å². The normalized spacial score (nSPS) is 18.1. The highest BCUT2D eigenvalue weighted by Gasteiger charge is 2.35. The Bertz CT molecular complexity index is 1460. The van der Waals surface area contributed by atoms with Gasteiger partial charge in [0.05, 0.1) is 31.9 Å². The molecule has 0 fully saturated rings. The number of thiophene rings is 1. The van der Waals surface area contributed by atoms with Crippen molar-refractivity contribution in [3.8, 4) is 11.5 Å². The molecular formula is C28H34N4O7S2. The molecule has 2 heterocycles. The number of urea groups is 1. The van der Waals surface area contributed by atoms with Gasteiger partial charge in [-0.3, -0.25) is 4.79 Å². The van der Waals surface area contributed by atoms with Gasteiger partial charge in [-0.2, -0.15) is 4.31 Å². The number of nitrogens with zero attached hydrogens (tertiary/aromatic N) is 2. The fourth-order valence-electron chi connectivity index (χ4n) is 4.40. The number of benzene rings is 2. The van der Waals surface area contributed by atoms with Gasteiger partial charge in [0.15, 0.2) is 0 Å². The minimum absolute atomic E-state index is 0.0423. The van der Waals surface area contributed by atoms with Crippen LogP contribution < -0.4 is 20.1 Å². The summed E-state index contributed by atoms with van der Waals surface area (Å²) in [6.07, 6.45) is -0.604. The van der Waals surface area contributed by atoms with E-state index in [1.807, 2.05) is 6.92 Å². The quantitative estimate of drug-likeness (QED) is 0.337. The Hall–Kier alpha value is -3.65. The Morgan fingerprint density at radius 1 is 1.20 bits per heavy atom. The molecule has 0 unspecified atom stereocenters. The molecule has 0 bridgehead atoms. The number of likely N-dealkylation sites (N-methyl/N-ethyl adjacent to an activating group) is 1. The third-order valence-corrected chi connectivity index (χ3v) is 10.1. The first-order valence-electron chi connectivity index (χ1n) is 13.0. The lowest BCUT2D eigenvalue weighted by molar-refractivity contribution is 0.0387. The molecule has 0 saturated carbocycles. The number of anilines is 2. The molecule has 11 nitrogen and oxygen atoms in total. The number of aliphatic hydroxyl groups is 1. The first-order chi connectivity index (χ1) is 19.5. The second-order valence-electron chi connectivity index (χ2n) is 9.86. The number of rotatable bonds is 9. The number of aliphatic hydroxyl groups excluding tert-OH is 1. The van der Waals surface area contributed by atoms with Crippen LogP contribution in [0.15, 0.2) is 64.2 Å². The van der Waals surface area contributed by atoms with E-state index in [0.717, 1.165) is 11.3 Å². The number of fused-ring (bicyclic) bond motifs is 1. The van der Waals surface area contributed by atoms with Gasteiger partial charge in [-0.15, -0.1) is 11.3 Å². The van der Waals surface area contributed by atoms with E-state index in [9.17, 15) is 23.1 Å². The van der Waals surface area contributed by atoms with Crippen molar-refractivity contribution in [2.75, 3.05) is 44.5 Å². The third-order valence-electron chi connectivity index (χ3n) is 6.87. The average Bonchev–Trinajstić information content (AvgIpc) is 3.51. The monoisotopic (exact) mass is 602 g/mol. The van der Waals surface area contributed by atoms with Crippen LogP contribution in [0.4, 0.5) is 16.2 Å². The maximum absolute atomic E-state index is 13.7. The van der Waals surface area contributed by atoms with Gasteiger partial charge >= 0.3 is 6.03 Å². The number of ether oxygens (including phenoxy) is 2. The molecule has 220 valence electrons. The second kappa shape index (κ2) is 12.9. The molecule has 4 rings (SSSR count). The van der Waals surface area contributed by atoms with Crippen LogP contribution in [0.1, 0.15) is 24.2 Å². The van der Waals surface area contributed by atoms with Gasteiger partial charge < -0.3 is 30.1 Å². The molecule has 0 saturated heterocycles. The summed E-state index contributed by atoms with van der Waals surface area (Å²) in [6, 6.07) is 13.7. The summed E-state index contributed by atoms with van der Waals surface area (Å²) >= 11 is 1.14. The lowest BCUT2D eigenvalue weighted by Crippen LogP contribution is -2.50. The van der Waals surface area contributed by atoms with Gasteiger partial charge in [0, 0.05) is 30.9 Å². The fourth-order valence-corrected chi connectivity index (χ4v) is 6.79. The first kappa shape index (κ1) is 30.3. The van der Waals surface area contributed by atoms with E-state index in [2.05, 4.69) is 10.6 Å². The maximum atomic E-state index is 13.7. The van der Waals surface area contributed by atoms with Crippen molar-refractivity contribution in [1.82, 2.24) is 9.21 Å². The zero-order chi connectivity index (χ0) is 29.7. The van der Waals surface area contributed by atoms with Gasteiger partial charge in [-0.05, 0) is 60.8 Å². The molecule has 0 spiro atoms. The molecule has 13 heteroatoms. The zero-order valence-corrected chi connectivity index (χ0v) is 24.9. The van der Waals surface area contributed by atoms with Crippen LogP contribution in [-0.4, -0.2) is 80.7 Å². The van der Waals surface area contributed by atoms with Crippen LogP contribution in [0.25, 0.3) is 0 Å². The van der Waals surface area contributed by atoms with E-state index in [4.69, 9.17) is 9.47 Å². The summed E-state index contributed by atoms with van der Waals surface area (Å²) in [4.78, 5) is 27.9. The molecule has 0 aliphatic carbocycles. The van der Waals surface area contributed by atoms with Crippen LogP contribution >= 0.6 is 11.3 Å². The largest absolute Gasteiger partial charge is 0.497 e. The number of amides is 3. The Labute approximate surface area is 243 Å². The Kier molecular flexibility index (Phi) is 9.53. The van der Waals surface area contributed by atoms with E-state index in [-0.39, 0.29) is 47.0 Å². The number of hydrogen-bond donors (Lipinski definition) is 3. The Balaban J connectivity index is 1.59.